The molecule has 2 aromatic rings. The summed E-state index contributed by atoms with van der Waals surface area (Å²) in [5.74, 6) is -8.47. The molecule has 10 amide bonds. The van der Waals surface area contributed by atoms with Gasteiger partial charge in [-0.15, -0.1) is 0 Å². The Kier molecular flexibility index (Phi) is 29.7. The van der Waals surface area contributed by atoms with Crippen molar-refractivity contribution in [3.63, 3.8) is 0 Å². The number of nitrogens with one attached hydrogen (secondary N) is 9. The van der Waals surface area contributed by atoms with Gasteiger partial charge in [-0.2, -0.15) is 25.3 Å². The molecule has 87 heavy (non-hydrogen) atoms. The summed E-state index contributed by atoms with van der Waals surface area (Å²) >= 11 is 8.35. The van der Waals surface area contributed by atoms with Gasteiger partial charge in [0.05, 0.1) is 26.4 Å². The van der Waals surface area contributed by atoms with Crippen molar-refractivity contribution < 1.29 is 67.6 Å². The highest BCUT2D eigenvalue weighted by Gasteiger charge is 2.42. The second-order valence-corrected chi connectivity index (χ2v) is 23.2. The van der Waals surface area contributed by atoms with Crippen LogP contribution in [0.25, 0.3) is 0 Å². The Morgan fingerprint density at radius 1 is 0.632 bits per heavy atom. The first-order valence-electron chi connectivity index (χ1n) is 29.3. The standard InChI is InChI=1S/C57H88N12O16S2/c1-8-32(6)44(67-52(78)38(26-70)65-54(80)42-12-10-19-69(42)57(83)40(29-87)61-43(72)27-85-22-21-84-20-17-60-46-45(59-7)47(73)48(46)74)55(81)64-37(25-33-13-15-34(71)16-14-33)56(82)68-18-9-11-41(68)53(79)63-36(24-31(4)5)50(76)62-35(23-30(2)3)51(77)66-39(28-86)49(58)75/h13-16,30-32,35-42,44,59-60,70-71,86-87H,8-12,17-29H2,1-7H3,(H2,58,75)(H,61,72)(H,62,76)(H,63,79)(H,64,81)(H,65,80)(H,66,77)(H,67,78)/t32-,35-,36-,37-,38-,39-,40-,41-,42-,44-/m0/s1. The van der Waals surface area contributed by atoms with Gasteiger partial charge < -0.3 is 83.1 Å². The molecule has 13 N–H and O–H groups in total. The molecule has 2 saturated heterocycles. The maximum atomic E-state index is 14.8. The minimum atomic E-state index is -1.63. The van der Waals surface area contributed by atoms with Crippen LogP contribution in [0.15, 0.2) is 33.9 Å². The van der Waals surface area contributed by atoms with Gasteiger partial charge in [0.2, 0.25) is 59.1 Å². The third-order valence-corrected chi connectivity index (χ3v) is 15.7. The molecule has 0 radical (unpaired) electrons. The minimum Gasteiger partial charge on any atom is -0.508 e. The molecule has 0 aromatic heterocycles. The number of aliphatic hydroxyl groups excluding tert-OH is 1. The van der Waals surface area contributed by atoms with E-state index in [1.54, 1.807) is 26.0 Å². The van der Waals surface area contributed by atoms with E-state index in [0.717, 1.165) is 0 Å². The van der Waals surface area contributed by atoms with Crippen LogP contribution in [0.2, 0.25) is 0 Å². The summed E-state index contributed by atoms with van der Waals surface area (Å²) < 4.78 is 10.8. The van der Waals surface area contributed by atoms with Gasteiger partial charge in [-0.1, -0.05) is 60.1 Å². The molecule has 0 bridgehead atoms. The fourth-order valence-electron chi connectivity index (χ4n) is 10.0. The number of benzene rings is 1. The number of amides is 10. The van der Waals surface area contributed by atoms with Crippen molar-refractivity contribution >= 4 is 95.7 Å². The number of likely N-dealkylation sites (tertiary alicyclic amines) is 2. The van der Waals surface area contributed by atoms with Gasteiger partial charge in [0.15, 0.2) is 0 Å². The van der Waals surface area contributed by atoms with E-state index in [4.69, 9.17) is 15.2 Å². The molecule has 2 aliphatic rings. The van der Waals surface area contributed by atoms with Crippen LogP contribution in [-0.2, 0) is 63.8 Å². The van der Waals surface area contributed by atoms with E-state index >= 15 is 0 Å². The van der Waals surface area contributed by atoms with Gasteiger partial charge in [0.25, 0.3) is 10.9 Å². The number of primary amides is 1. The number of anilines is 2. The zero-order valence-corrected chi connectivity index (χ0v) is 52.2. The van der Waals surface area contributed by atoms with E-state index in [9.17, 15) is 67.7 Å². The molecule has 2 heterocycles. The first-order valence-corrected chi connectivity index (χ1v) is 30.6. The van der Waals surface area contributed by atoms with E-state index in [1.165, 1.54) is 29.0 Å². The molecular formula is C57H88N12O16S2. The van der Waals surface area contributed by atoms with Crippen LogP contribution < -0.4 is 64.4 Å². The molecule has 2 aliphatic heterocycles. The number of ether oxygens (including phenoxy) is 2. The number of hydrogen-bond donors (Lipinski definition) is 14. The summed E-state index contributed by atoms with van der Waals surface area (Å²) in [6, 6.07) is -5.25. The third kappa shape index (κ3) is 21.4. The lowest BCUT2D eigenvalue weighted by Gasteiger charge is -2.32. The number of thiol groups is 2. The molecular weight excluding hydrogens is 1170 g/mol. The summed E-state index contributed by atoms with van der Waals surface area (Å²) in [4.78, 5) is 163. The fraction of sp³-hybridized carbons (Fsp3) is 0.649. The van der Waals surface area contributed by atoms with Gasteiger partial charge in [-0.05, 0) is 74.0 Å². The van der Waals surface area contributed by atoms with E-state index in [-0.39, 0.29) is 112 Å². The second-order valence-electron chi connectivity index (χ2n) is 22.5. The smallest absolute Gasteiger partial charge is 0.253 e. The van der Waals surface area contributed by atoms with Crippen LogP contribution in [0.4, 0.5) is 11.4 Å². The Morgan fingerprint density at radius 2 is 1.13 bits per heavy atom. The van der Waals surface area contributed by atoms with Gasteiger partial charge in [0, 0.05) is 44.6 Å². The zero-order chi connectivity index (χ0) is 64.7. The normalized spacial score (nSPS) is 17.7. The van der Waals surface area contributed by atoms with Crippen molar-refractivity contribution in [3.05, 3.63) is 50.3 Å². The van der Waals surface area contributed by atoms with Crippen molar-refractivity contribution in [1.29, 1.82) is 0 Å². The van der Waals surface area contributed by atoms with Gasteiger partial charge >= 0.3 is 0 Å². The Morgan fingerprint density at radius 3 is 1.64 bits per heavy atom. The summed E-state index contributed by atoms with van der Waals surface area (Å²) in [5, 5.41) is 44.5. The lowest BCUT2D eigenvalue weighted by molar-refractivity contribution is -0.143. The van der Waals surface area contributed by atoms with Crippen LogP contribution in [0, 0.1) is 17.8 Å². The molecule has 2 fully saturated rings. The van der Waals surface area contributed by atoms with Crippen LogP contribution in [0.5, 0.6) is 5.75 Å². The predicted octanol–water partition coefficient (Wildman–Crippen LogP) is -2.43. The summed E-state index contributed by atoms with van der Waals surface area (Å²) in [6.45, 7) is 10.1. The number of phenols is 1. The Hall–Kier alpha value is -7.02. The number of hydrogen-bond acceptors (Lipinski definition) is 20. The SMILES string of the molecule is CC[C@H](C)[C@H](NC(=O)[C@H](CO)NC(=O)[C@@H]1CCCN1C(=O)[C@H](CS)NC(=O)COCCOCCNc1c(NC)c(=O)c1=O)C(=O)N[C@@H](Cc1ccc(O)cc1)C(=O)N1CCC[C@H]1C(=O)N[C@@H](CC(C)C)C(=O)N[C@@H](CC(C)C)C(=O)N[C@@H](CS)C(N)=O. The van der Waals surface area contributed by atoms with E-state index in [2.05, 4.69) is 73.1 Å². The summed E-state index contributed by atoms with van der Waals surface area (Å²) in [7, 11) is 1.53. The first-order chi connectivity index (χ1) is 41.3. The van der Waals surface area contributed by atoms with E-state index < -0.39 is 143 Å². The van der Waals surface area contributed by atoms with Crippen LogP contribution in [0.3, 0.4) is 0 Å². The van der Waals surface area contributed by atoms with Gasteiger partial charge in [-0.25, -0.2) is 0 Å². The number of rotatable bonds is 37. The van der Waals surface area contributed by atoms with Gasteiger partial charge in [-0.3, -0.25) is 57.5 Å². The molecule has 0 unspecified atom stereocenters. The summed E-state index contributed by atoms with van der Waals surface area (Å²) in [5.41, 5.74) is 5.09. The number of carbonyl (C=O) groups is 10. The average molecular weight is 1260 g/mol. The first kappa shape index (κ1) is 72.5. The molecule has 484 valence electrons. The molecule has 2 aromatic carbocycles. The van der Waals surface area contributed by atoms with Crippen LogP contribution >= 0.6 is 25.3 Å². The molecule has 0 saturated carbocycles. The van der Waals surface area contributed by atoms with E-state index in [0.29, 0.717) is 24.8 Å². The number of aliphatic hydroxyl groups is 1. The topological polar surface area (TPSA) is 405 Å². The lowest BCUT2D eigenvalue weighted by Crippen LogP contribution is -2.62. The highest BCUT2D eigenvalue weighted by atomic mass is 32.1. The molecule has 30 heteroatoms. The lowest BCUT2D eigenvalue weighted by atomic mass is 9.96. The predicted molar refractivity (Wildman–Crippen MR) is 328 cm³/mol. The third-order valence-electron chi connectivity index (χ3n) is 14.9. The fourth-order valence-corrected chi connectivity index (χ4v) is 10.6. The number of nitrogens with zero attached hydrogens (tertiary/aromatic N) is 2. The van der Waals surface area contributed by atoms with Crippen LogP contribution in [-0.4, -0.2) is 205 Å². The maximum absolute atomic E-state index is 14.8. The molecule has 0 spiro atoms. The quantitative estimate of drug-likeness (QED) is 0.0190. The molecule has 4 rings (SSSR count). The monoisotopic (exact) mass is 1260 g/mol. The number of aromatic hydroxyl groups is 1. The highest BCUT2D eigenvalue weighted by Crippen LogP contribution is 2.23. The molecule has 10 atom stereocenters. The van der Waals surface area contributed by atoms with E-state index in [1.807, 2.05) is 27.7 Å². The molecule has 0 aliphatic carbocycles. The van der Waals surface area contributed by atoms with Crippen molar-refractivity contribution in [1.82, 2.24) is 47.0 Å². The summed E-state index contributed by atoms with van der Waals surface area (Å²) in [6.07, 6.45) is 1.62. The number of nitrogens with two attached hydrogens (primary N) is 1. The van der Waals surface area contributed by atoms with Gasteiger partial charge in [0.1, 0.15) is 78.1 Å². The van der Waals surface area contributed by atoms with Crippen LogP contribution in [0.1, 0.15) is 92.1 Å². The number of phenolic OH excluding ortho intramolecular Hbond substituents is 1. The number of carbonyl (C=O) groups excluding carboxylic acids is 10. The molecule has 28 nitrogen and oxygen atoms in total. The van der Waals surface area contributed by atoms with Crippen molar-refractivity contribution in [2.75, 3.05) is 81.9 Å². The Labute approximate surface area is 516 Å². The highest BCUT2D eigenvalue weighted by molar-refractivity contribution is 7.80. The van der Waals surface area contributed by atoms with Crippen molar-refractivity contribution in [2.24, 2.45) is 23.5 Å². The second kappa shape index (κ2) is 35.7. The Bertz CT molecular complexity index is 2770. The Balaban J connectivity index is 1.42. The maximum Gasteiger partial charge on any atom is 0.253 e. The van der Waals surface area contributed by atoms with Crippen molar-refractivity contribution in [3.8, 4) is 5.75 Å². The zero-order valence-electron chi connectivity index (χ0n) is 50.4. The minimum absolute atomic E-state index is 0.00603. The largest absolute Gasteiger partial charge is 0.508 e. The average Bonchev–Trinajstić information content (AvgIpc) is 4.38. The van der Waals surface area contributed by atoms with Crippen molar-refractivity contribution in [2.45, 2.75) is 147 Å².